The topological polar surface area (TPSA) is 87.5 Å². The number of aryl methyl sites for hydroxylation is 2. The fourth-order valence-electron chi connectivity index (χ4n) is 2.47. The zero-order valence-electron chi connectivity index (χ0n) is 15.0. The zero-order valence-corrected chi connectivity index (χ0v) is 15.0. The lowest BCUT2D eigenvalue weighted by molar-refractivity contribution is -0.117. The number of hydrogen-bond donors (Lipinski definition) is 2. The van der Waals surface area contributed by atoms with Crippen LogP contribution in [0.25, 0.3) is 0 Å². The number of anilines is 2. The fourth-order valence-corrected chi connectivity index (χ4v) is 2.47. The standard InChI is InChI=1S/C18H24N4O3/c1-5-22(10-17-12(2)21-25-13(17)3)11-18(24)20-16-8-6-15(7-9-16)19-14(4)23/h6-9H,5,10-11H2,1-4H3,(H,19,23)(H,20,24). The molecular formula is C18H24N4O3. The van der Waals surface area contributed by atoms with E-state index in [0.29, 0.717) is 17.9 Å². The van der Waals surface area contributed by atoms with Gasteiger partial charge in [-0.2, -0.15) is 0 Å². The first-order chi connectivity index (χ1) is 11.9. The number of nitrogens with one attached hydrogen (secondary N) is 2. The van der Waals surface area contributed by atoms with Crippen molar-refractivity contribution in [2.45, 2.75) is 34.2 Å². The maximum absolute atomic E-state index is 12.3. The summed E-state index contributed by atoms with van der Waals surface area (Å²) < 4.78 is 5.17. The minimum Gasteiger partial charge on any atom is -0.361 e. The number of carbonyl (C=O) groups excluding carboxylic acids is 2. The Kier molecular flexibility index (Phi) is 6.30. The lowest BCUT2D eigenvalue weighted by atomic mass is 10.2. The molecule has 0 spiro atoms. The van der Waals surface area contributed by atoms with Crippen LogP contribution in [0.5, 0.6) is 0 Å². The second kappa shape index (κ2) is 8.43. The summed E-state index contributed by atoms with van der Waals surface area (Å²) in [6.07, 6.45) is 0. The normalized spacial score (nSPS) is 10.8. The van der Waals surface area contributed by atoms with Gasteiger partial charge in [0.2, 0.25) is 11.8 Å². The number of amides is 2. The van der Waals surface area contributed by atoms with Gasteiger partial charge >= 0.3 is 0 Å². The van der Waals surface area contributed by atoms with E-state index in [0.717, 1.165) is 23.6 Å². The number of hydrogen-bond acceptors (Lipinski definition) is 5. The van der Waals surface area contributed by atoms with Crippen LogP contribution in [0.15, 0.2) is 28.8 Å². The Balaban J connectivity index is 1.92. The van der Waals surface area contributed by atoms with Gasteiger partial charge in [-0.1, -0.05) is 12.1 Å². The third-order valence-electron chi connectivity index (χ3n) is 3.87. The molecule has 0 bridgehead atoms. The molecule has 0 aliphatic heterocycles. The van der Waals surface area contributed by atoms with E-state index in [1.807, 2.05) is 25.7 Å². The van der Waals surface area contributed by atoms with E-state index < -0.39 is 0 Å². The molecule has 2 rings (SSSR count). The highest BCUT2D eigenvalue weighted by molar-refractivity contribution is 5.93. The second-order valence-electron chi connectivity index (χ2n) is 5.91. The molecule has 0 atom stereocenters. The summed E-state index contributed by atoms with van der Waals surface area (Å²) in [5.41, 5.74) is 3.26. The molecule has 7 nitrogen and oxygen atoms in total. The van der Waals surface area contributed by atoms with Gasteiger partial charge < -0.3 is 15.2 Å². The van der Waals surface area contributed by atoms with Gasteiger partial charge in [-0.15, -0.1) is 0 Å². The summed E-state index contributed by atoms with van der Waals surface area (Å²) >= 11 is 0. The minimum atomic E-state index is -0.130. The highest BCUT2D eigenvalue weighted by atomic mass is 16.5. The van der Waals surface area contributed by atoms with Crippen molar-refractivity contribution in [1.82, 2.24) is 10.1 Å². The average Bonchev–Trinajstić information content (AvgIpc) is 2.87. The quantitative estimate of drug-likeness (QED) is 0.806. The summed E-state index contributed by atoms with van der Waals surface area (Å²) in [5.74, 6) is 0.556. The van der Waals surface area contributed by atoms with Crippen LogP contribution in [0.3, 0.4) is 0 Å². The van der Waals surface area contributed by atoms with E-state index in [1.54, 1.807) is 24.3 Å². The number of rotatable bonds is 7. The molecular weight excluding hydrogens is 320 g/mol. The van der Waals surface area contributed by atoms with Gasteiger partial charge in [-0.05, 0) is 44.7 Å². The van der Waals surface area contributed by atoms with Crippen LogP contribution >= 0.6 is 0 Å². The molecule has 2 aromatic rings. The third-order valence-corrected chi connectivity index (χ3v) is 3.87. The van der Waals surface area contributed by atoms with Gasteiger partial charge in [0, 0.05) is 30.4 Å². The summed E-state index contributed by atoms with van der Waals surface area (Å²) in [5, 5.41) is 9.50. The first-order valence-electron chi connectivity index (χ1n) is 8.20. The summed E-state index contributed by atoms with van der Waals surface area (Å²) in [4.78, 5) is 25.3. The van der Waals surface area contributed by atoms with Crippen molar-refractivity contribution in [3.05, 3.63) is 41.3 Å². The fraction of sp³-hybridized carbons (Fsp3) is 0.389. The van der Waals surface area contributed by atoms with Crippen LogP contribution in [-0.4, -0.2) is 35.0 Å². The predicted molar refractivity (Wildman–Crippen MR) is 96.3 cm³/mol. The zero-order chi connectivity index (χ0) is 18.4. The first kappa shape index (κ1) is 18.7. The predicted octanol–water partition coefficient (Wildman–Crippen LogP) is 2.71. The molecule has 7 heteroatoms. The van der Waals surface area contributed by atoms with Gasteiger partial charge in [0.05, 0.1) is 12.2 Å². The maximum atomic E-state index is 12.3. The van der Waals surface area contributed by atoms with Gasteiger partial charge in [-0.3, -0.25) is 14.5 Å². The molecule has 0 aliphatic carbocycles. The Morgan fingerprint density at radius 1 is 1.12 bits per heavy atom. The van der Waals surface area contributed by atoms with Gasteiger partial charge in [0.25, 0.3) is 0 Å². The van der Waals surface area contributed by atoms with Gasteiger partial charge in [-0.25, -0.2) is 0 Å². The van der Waals surface area contributed by atoms with Crippen LogP contribution < -0.4 is 10.6 Å². The Morgan fingerprint density at radius 2 is 1.72 bits per heavy atom. The van der Waals surface area contributed by atoms with E-state index in [4.69, 9.17) is 4.52 Å². The number of likely N-dealkylation sites (N-methyl/N-ethyl adjacent to an activating group) is 1. The summed E-state index contributed by atoms with van der Waals surface area (Å²) in [6.45, 7) is 8.86. The van der Waals surface area contributed by atoms with Crippen molar-refractivity contribution in [2.24, 2.45) is 0 Å². The molecule has 2 N–H and O–H groups in total. The highest BCUT2D eigenvalue weighted by Gasteiger charge is 2.15. The molecule has 0 unspecified atom stereocenters. The molecule has 25 heavy (non-hydrogen) atoms. The van der Waals surface area contributed by atoms with Crippen molar-refractivity contribution in [3.63, 3.8) is 0 Å². The monoisotopic (exact) mass is 344 g/mol. The Morgan fingerprint density at radius 3 is 2.20 bits per heavy atom. The Hall–Kier alpha value is -2.67. The van der Waals surface area contributed by atoms with E-state index in [9.17, 15) is 9.59 Å². The van der Waals surface area contributed by atoms with Crippen molar-refractivity contribution in [3.8, 4) is 0 Å². The molecule has 1 aromatic carbocycles. The number of nitrogens with zero attached hydrogens (tertiary/aromatic N) is 2. The summed E-state index contributed by atoms with van der Waals surface area (Å²) in [6, 6.07) is 7.01. The number of aromatic nitrogens is 1. The van der Waals surface area contributed by atoms with Crippen LogP contribution in [0.1, 0.15) is 30.9 Å². The van der Waals surface area contributed by atoms with E-state index in [1.165, 1.54) is 6.92 Å². The van der Waals surface area contributed by atoms with Crippen molar-refractivity contribution in [1.29, 1.82) is 0 Å². The molecule has 2 amide bonds. The SMILES string of the molecule is CCN(CC(=O)Nc1ccc(NC(C)=O)cc1)Cc1c(C)noc1C. The lowest BCUT2D eigenvalue weighted by Crippen LogP contribution is -2.33. The van der Waals surface area contributed by atoms with Crippen LogP contribution in [0.2, 0.25) is 0 Å². The molecule has 1 heterocycles. The first-order valence-corrected chi connectivity index (χ1v) is 8.20. The maximum Gasteiger partial charge on any atom is 0.238 e. The second-order valence-corrected chi connectivity index (χ2v) is 5.91. The van der Waals surface area contributed by atoms with Crippen molar-refractivity contribution in [2.75, 3.05) is 23.7 Å². The molecule has 134 valence electrons. The van der Waals surface area contributed by atoms with Gasteiger partial charge in [0.15, 0.2) is 0 Å². The average molecular weight is 344 g/mol. The Bertz CT molecular complexity index is 718. The molecule has 1 aromatic heterocycles. The van der Waals surface area contributed by atoms with E-state index in [-0.39, 0.29) is 18.4 Å². The molecule has 0 fully saturated rings. The lowest BCUT2D eigenvalue weighted by Gasteiger charge is -2.19. The molecule has 0 radical (unpaired) electrons. The van der Waals surface area contributed by atoms with Crippen LogP contribution in [0.4, 0.5) is 11.4 Å². The van der Waals surface area contributed by atoms with Crippen LogP contribution in [-0.2, 0) is 16.1 Å². The van der Waals surface area contributed by atoms with Gasteiger partial charge in [0.1, 0.15) is 5.76 Å². The third kappa shape index (κ3) is 5.42. The van der Waals surface area contributed by atoms with Crippen molar-refractivity contribution >= 4 is 23.2 Å². The largest absolute Gasteiger partial charge is 0.361 e. The minimum absolute atomic E-state index is 0.0964. The summed E-state index contributed by atoms with van der Waals surface area (Å²) in [7, 11) is 0. The molecule has 0 saturated heterocycles. The van der Waals surface area contributed by atoms with Crippen LogP contribution in [0, 0.1) is 13.8 Å². The number of carbonyl (C=O) groups is 2. The van der Waals surface area contributed by atoms with Crippen molar-refractivity contribution < 1.29 is 14.1 Å². The smallest absolute Gasteiger partial charge is 0.238 e. The highest BCUT2D eigenvalue weighted by Crippen LogP contribution is 2.16. The number of benzene rings is 1. The molecule has 0 aliphatic rings. The van der Waals surface area contributed by atoms with E-state index >= 15 is 0 Å². The molecule has 0 saturated carbocycles. The van der Waals surface area contributed by atoms with E-state index in [2.05, 4.69) is 15.8 Å². The Labute approximate surface area is 147 Å².